The van der Waals surface area contributed by atoms with Crippen LogP contribution >= 0.6 is 11.3 Å². The van der Waals surface area contributed by atoms with Crippen LogP contribution in [0.5, 0.6) is 0 Å². The Hall–Kier alpha value is -2.71. The van der Waals surface area contributed by atoms with Crippen LogP contribution in [0, 0.1) is 6.92 Å². The van der Waals surface area contributed by atoms with E-state index in [0.29, 0.717) is 30.2 Å². The number of benzene rings is 1. The fraction of sp³-hybridized carbons (Fsp3) is 0.381. The van der Waals surface area contributed by atoms with Crippen LogP contribution in [0.15, 0.2) is 34.7 Å². The first-order valence-electron chi connectivity index (χ1n) is 9.27. The zero-order valence-electron chi connectivity index (χ0n) is 17.3. The van der Waals surface area contributed by atoms with Gasteiger partial charge in [0.2, 0.25) is 5.91 Å². The maximum Gasteiger partial charge on any atom is 0.341 e. The molecule has 2 heterocycles. The van der Waals surface area contributed by atoms with Crippen molar-refractivity contribution in [2.75, 3.05) is 21.2 Å². The summed E-state index contributed by atoms with van der Waals surface area (Å²) in [5, 5.41) is 0.904. The minimum absolute atomic E-state index is 0.0109. The first-order valence-corrected chi connectivity index (χ1v) is 10.1. The molecule has 1 aromatic carbocycles. The predicted molar refractivity (Wildman–Crippen MR) is 112 cm³/mol. The summed E-state index contributed by atoms with van der Waals surface area (Å²) in [5.41, 5.74) is 1.36. The van der Waals surface area contributed by atoms with Gasteiger partial charge in [-0.25, -0.2) is 9.78 Å². The maximum absolute atomic E-state index is 12.9. The number of aryl methyl sites for hydroxylation is 1. The van der Waals surface area contributed by atoms with Crippen LogP contribution < -0.4 is 0 Å². The second kappa shape index (κ2) is 8.75. The molecule has 0 spiro atoms. The molecule has 0 aliphatic carbocycles. The highest BCUT2D eigenvalue weighted by Crippen LogP contribution is 2.23. The van der Waals surface area contributed by atoms with Crippen molar-refractivity contribution in [2.45, 2.75) is 33.0 Å². The van der Waals surface area contributed by atoms with Crippen LogP contribution in [0.25, 0.3) is 10.2 Å². The topological polar surface area (TPSA) is 75.9 Å². The van der Waals surface area contributed by atoms with Crippen molar-refractivity contribution in [3.05, 3.63) is 52.4 Å². The van der Waals surface area contributed by atoms with Crippen LogP contribution in [-0.2, 0) is 22.6 Å². The van der Waals surface area contributed by atoms with Gasteiger partial charge in [-0.05, 0) is 39.1 Å². The highest BCUT2D eigenvalue weighted by Gasteiger charge is 2.24. The van der Waals surface area contributed by atoms with Crippen molar-refractivity contribution in [3.63, 3.8) is 0 Å². The fourth-order valence-corrected chi connectivity index (χ4v) is 4.11. The number of carbonyl (C=O) groups excluding carboxylic acids is 2. The summed E-state index contributed by atoms with van der Waals surface area (Å²) in [6.07, 6.45) is 0. The van der Waals surface area contributed by atoms with Crippen molar-refractivity contribution in [1.82, 2.24) is 14.8 Å². The van der Waals surface area contributed by atoms with Gasteiger partial charge >= 0.3 is 5.97 Å². The molecule has 154 valence electrons. The van der Waals surface area contributed by atoms with Gasteiger partial charge in [-0.3, -0.25) is 9.69 Å². The molecule has 0 bridgehead atoms. The van der Waals surface area contributed by atoms with Crippen LogP contribution in [0.1, 0.15) is 33.8 Å². The molecule has 0 aliphatic rings. The number of carbonyl (C=O) groups is 2. The largest absolute Gasteiger partial charge is 0.465 e. The van der Waals surface area contributed by atoms with E-state index in [4.69, 9.17) is 9.15 Å². The fourth-order valence-electron chi connectivity index (χ4n) is 3.09. The summed E-state index contributed by atoms with van der Waals surface area (Å²) in [6, 6.07) is 9.25. The molecule has 29 heavy (non-hydrogen) atoms. The highest BCUT2D eigenvalue weighted by molar-refractivity contribution is 7.18. The highest BCUT2D eigenvalue weighted by atomic mass is 32.1. The Balaban J connectivity index is 1.63. The van der Waals surface area contributed by atoms with E-state index in [9.17, 15) is 9.59 Å². The number of para-hydroxylation sites is 1. The first-order chi connectivity index (χ1) is 13.8. The molecule has 0 aliphatic heterocycles. The number of amides is 1. The number of thiazole rings is 1. The SMILES string of the molecule is COC(=O)c1cc(CN(C)C(C)C(=O)N(C)Cc2nc3ccccc3s2)oc1C. The maximum atomic E-state index is 12.9. The summed E-state index contributed by atoms with van der Waals surface area (Å²) in [6.45, 7) is 4.44. The standard InChI is InChI=1S/C21H25N3O4S/c1-13(23(3)11-15-10-16(14(2)28-15)21(26)27-5)20(25)24(4)12-19-22-17-8-6-7-9-18(17)29-19/h6-10,13H,11-12H2,1-5H3. The van der Waals surface area contributed by atoms with Crippen molar-refractivity contribution in [2.24, 2.45) is 0 Å². The smallest absolute Gasteiger partial charge is 0.341 e. The summed E-state index contributed by atoms with van der Waals surface area (Å²) in [7, 11) is 4.97. The number of ether oxygens (including phenoxy) is 1. The van der Waals surface area contributed by atoms with Crippen LogP contribution in [-0.4, -0.2) is 53.9 Å². The zero-order chi connectivity index (χ0) is 21.1. The monoisotopic (exact) mass is 415 g/mol. The Morgan fingerprint density at radius 1 is 1.24 bits per heavy atom. The van der Waals surface area contributed by atoms with E-state index in [1.54, 1.807) is 36.3 Å². The quantitative estimate of drug-likeness (QED) is 0.550. The summed E-state index contributed by atoms with van der Waals surface area (Å²) in [4.78, 5) is 32.8. The molecule has 1 amide bonds. The third-order valence-corrected chi connectivity index (χ3v) is 5.91. The zero-order valence-corrected chi connectivity index (χ0v) is 18.1. The summed E-state index contributed by atoms with van der Waals surface area (Å²) >= 11 is 1.60. The van der Waals surface area contributed by atoms with E-state index in [1.165, 1.54) is 7.11 Å². The Labute approximate surface area is 173 Å². The molecule has 7 nitrogen and oxygen atoms in total. The van der Waals surface area contributed by atoms with Gasteiger partial charge in [0, 0.05) is 7.05 Å². The van der Waals surface area contributed by atoms with E-state index in [-0.39, 0.29) is 11.9 Å². The number of furan rings is 1. The van der Waals surface area contributed by atoms with E-state index in [0.717, 1.165) is 15.2 Å². The molecule has 0 saturated carbocycles. The number of nitrogens with zero attached hydrogens (tertiary/aromatic N) is 3. The molecule has 3 rings (SSSR count). The van der Waals surface area contributed by atoms with E-state index in [1.807, 2.05) is 43.1 Å². The van der Waals surface area contributed by atoms with E-state index >= 15 is 0 Å². The second-order valence-corrected chi connectivity index (χ2v) is 8.15. The minimum atomic E-state index is -0.431. The van der Waals surface area contributed by atoms with E-state index in [2.05, 4.69) is 4.98 Å². The van der Waals surface area contributed by atoms with Crippen LogP contribution in [0.4, 0.5) is 0 Å². The average molecular weight is 416 g/mol. The molecular weight excluding hydrogens is 390 g/mol. The Bertz CT molecular complexity index is 993. The van der Waals surface area contributed by atoms with Crippen molar-refractivity contribution < 1.29 is 18.7 Å². The lowest BCUT2D eigenvalue weighted by Crippen LogP contribution is -2.43. The first kappa shape index (κ1) is 21.0. The number of hydrogen-bond donors (Lipinski definition) is 0. The third kappa shape index (κ3) is 4.65. The molecule has 8 heteroatoms. The lowest BCUT2D eigenvalue weighted by atomic mass is 10.2. The molecule has 0 radical (unpaired) electrons. The Morgan fingerprint density at radius 2 is 1.97 bits per heavy atom. The van der Waals surface area contributed by atoms with Gasteiger partial charge in [0.05, 0.1) is 36.5 Å². The lowest BCUT2D eigenvalue weighted by molar-refractivity contribution is -0.135. The van der Waals surface area contributed by atoms with Gasteiger partial charge in [0.25, 0.3) is 0 Å². The van der Waals surface area contributed by atoms with E-state index < -0.39 is 5.97 Å². The van der Waals surface area contributed by atoms with Crippen molar-refractivity contribution in [1.29, 1.82) is 0 Å². The second-order valence-electron chi connectivity index (χ2n) is 7.03. The number of rotatable bonds is 7. The molecule has 0 saturated heterocycles. The molecule has 1 unspecified atom stereocenters. The normalized spacial score (nSPS) is 12.3. The average Bonchev–Trinajstić information content (AvgIpc) is 3.28. The molecular formula is C21H25N3O4S. The van der Waals surface area contributed by atoms with Gasteiger partial charge in [0.15, 0.2) is 0 Å². The number of esters is 1. The number of likely N-dealkylation sites (N-methyl/N-ethyl adjacent to an activating group) is 2. The molecule has 0 N–H and O–H groups in total. The number of methoxy groups -OCH3 is 1. The lowest BCUT2D eigenvalue weighted by Gasteiger charge is -2.27. The molecule has 1 atom stereocenters. The Morgan fingerprint density at radius 3 is 2.66 bits per heavy atom. The summed E-state index contributed by atoms with van der Waals surface area (Å²) < 4.78 is 11.5. The predicted octanol–water partition coefficient (Wildman–Crippen LogP) is 3.46. The van der Waals surface area contributed by atoms with Gasteiger partial charge in [-0.2, -0.15) is 0 Å². The van der Waals surface area contributed by atoms with Gasteiger partial charge in [0.1, 0.15) is 22.1 Å². The van der Waals surface area contributed by atoms with Gasteiger partial charge < -0.3 is 14.1 Å². The summed E-state index contributed by atoms with van der Waals surface area (Å²) in [5.74, 6) is 0.675. The molecule has 3 aromatic rings. The van der Waals surface area contributed by atoms with Crippen LogP contribution in [0.2, 0.25) is 0 Å². The number of aromatic nitrogens is 1. The van der Waals surface area contributed by atoms with Crippen LogP contribution in [0.3, 0.4) is 0 Å². The van der Waals surface area contributed by atoms with Gasteiger partial charge in [-0.1, -0.05) is 12.1 Å². The third-order valence-electron chi connectivity index (χ3n) is 4.88. The number of hydrogen-bond acceptors (Lipinski definition) is 7. The van der Waals surface area contributed by atoms with Crippen molar-refractivity contribution >= 4 is 33.4 Å². The Kier molecular flexibility index (Phi) is 6.34. The van der Waals surface area contributed by atoms with Gasteiger partial charge in [-0.15, -0.1) is 11.3 Å². The minimum Gasteiger partial charge on any atom is -0.465 e. The number of fused-ring (bicyclic) bond motifs is 1. The van der Waals surface area contributed by atoms with Crippen molar-refractivity contribution in [3.8, 4) is 0 Å². The molecule has 2 aromatic heterocycles. The molecule has 0 fully saturated rings.